The number of nitrogens with zero attached hydrogens (tertiary/aromatic N) is 1. The predicted octanol–water partition coefficient (Wildman–Crippen LogP) is 0.737. The number of sulfonamides is 1. The molecule has 0 spiro atoms. The molecule has 0 fully saturated rings. The second-order valence-corrected chi connectivity index (χ2v) is 6.62. The third kappa shape index (κ3) is 4.76. The second-order valence-electron chi connectivity index (χ2n) is 4.68. The molecule has 1 aromatic carbocycles. The Kier molecular flexibility index (Phi) is 7.27. The number of ether oxygens (including phenoxy) is 2. The minimum absolute atomic E-state index is 0.268. The van der Waals surface area contributed by atoms with Crippen molar-refractivity contribution in [1.29, 1.82) is 0 Å². The molecule has 0 atom stereocenters. The van der Waals surface area contributed by atoms with Crippen LogP contribution in [-0.4, -0.2) is 53.2 Å². The van der Waals surface area contributed by atoms with E-state index >= 15 is 0 Å². The van der Waals surface area contributed by atoms with E-state index in [2.05, 4.69) is 0 Å². The lowest BCUT2D eigenvalue weighted by atomic mass is 10.1. The molecule has 2 N–H and O–H groups in total. The quantitative estimate of drug-likeness (QED) is 0.726. The van der Waals surface area contributed by atoms with Crippen molar-refractivity contribution in [2.75, 3.05) is 40.5 Å². The lowest BCUT2D eigenvalue weighted by molar-refractivity contribution is 0.150. The van der Waals surface area contributed by atoms with E-state index in [1.54, 1.807) is 32.4 Å². The molecule has 0 amide bonds. The summed E-state index contributed by atoms with van der Waals surface area (Å²) in [7, 11) is -0.475. The van der Waals surface area contributed by atoms with Gasteiger partial charge < -0.3 is 15.2 Å². The van der Waals surface area contributed by atoms with E-state index in [0.717, 1.165) is 11.1 Å². The molecular formula is C14H24N2O4S. The molecule has 0 saturated heterocycles. The molecule has 0 unspecified atom stereocenters. The van der Waals surface area contributed by atoms with Crippen molar-refractivity contribution in [1.82, 2.24) is 4.31 Å². The van der Waals surface area contributed by atoms with E-state index in [1.165, 1.54) is 4.31 Å². The van der Waals surface area contributed by atoms with E-state index in [4.69, 9.17) is 15.2 Å². The second kappa shape index (κ2) is 8.45. The van der Waals surface area contributed by atoms with E-state index in [1.807, 2.05) is 6.92 Å². The van der Waals surface area contributed by atoms with Crippen LogP contribution in [0.1, 0.15) is 11.1 Å². The van der Waals surface area contributed by atoms with Crippen molar-refractivity contribution in [2.45, 2.75) is 18.4 Å². The summed E-state index contributed by atoms with van der Waals surface area (Å²) >= 11 is 0. The molecule has 0 saturated carbocycles. The number of aryl methyl sites for hydroxylation is 1. The van der Waals surface area contributed by atoms with Gasteiger partial charge in [0.05, 0.1) is 18.1 Å². The molecular weight excluding hydrogens is 292 g/mol. The Morgan fingerprint density at radius 3 is 2.14 bits per heavy atom. The Hall–Kier alpha value is -0.990. The largest absolute Gasteiger partial charge is 0.383 e. The maximum absolute atomic E-state index is 12.7. The van der Waals surface area contributed by atoms with Crippen LogP contribution < -0.4 is 5.73 Å². The van der Waals surface area contributed by atoms with E-state index in [0.29, 0.717) is 32.8 Å². The topological polar surface area (TPSA) is 81.9 Å². The summed E-state index contributed by atoms with van der Waals surface area (Å²) in [4.78, 5) is 0.268. The highest BCUT2D eigenvalue weighted by Crippen LogP contribution is 2.19. The zero-order chi connectivity index (χ0) is 15.9. The zero-order valence-electron chi connectivity index (χ0n) is 12.8. The summed E-state index contributed by atoms with van der Waals surface area (Å²) < 4.78 is 36.7. The Bertz CT molecular complexity index is 538. The summed E-state index contributed by atoms with van der Waals surface area (Å²) in [6, 6.07) is 5.01. The number of hydrogen-bond donors (Lipinski definition) is 1. The highest BCUT2D eigenvalue weighted by atomic mass is 32.2. The molecule has 0 aliphatic rings. The van der Waals surface area contributed by atoms with Gasteiger partial charge in [-0.05, 0) is 30.2 Å². The SMILES string of the molecule is COCCN(CCOC)S(=O)(=O)c1ccc(CN)c(C)c1. The molecule has 1 aromatic rings. The van der Waals surface area contributed by atoms with Gasteiger partial charge in [-0.1, -0.05) is 6.07 Å². The minimum Gasteiger partial charge on any atom is -0.383 e. The summed E-state index contributed by atoms with van der Waals surface area (Å²) in [6.07, 6.45) is 0. The molecule has 21 heavy (non-hydrogen) atoms. The van der Waals surface area contributed by atoms with E-state index in [-0.39, 0.29) is 4.90 Å². The monoisotopic (exact) mass is 316 g/mol. The molecule has 0 aromatic heterocycles. The number of benzene rings is 1. The number of hydrogen-bond acceptors (Lipinski definition) is 5. The number of nitrogens with two attached hydrogens (primary N) is 1. The lowest BCUT2D eigenvalue weighted by Crippen LogP contribution is -2.36. The zero-order valence-corrected chi connectivity index (χ0v) is 13.6. The highest BCUT2D eigenvalue weighted by molar-refractivity contribution is 7.89. The van der Waals surface area contributed by atoms with Gasteiger partial charge in [-0.2, -0.15) is 4.31 Å². The Morgan fingerprint density at radius 2 is 1.71 bits per heavy atom. The van der Waals surface area contributed by atoms with Gasteiger partial charge in [0, 0.05) is 33.9 Å². The normalized spacial score (nSPS) is 12.0. The van der Waals surface area contributed by atoms with Gasteiger partial charge >= 0.3 is 0 Å². The van der Waals surface area contributed by atoms with Gasteiger partial charge in [-0.25, -0.2) is 8.42 Å². The van der Waals surface area contributed by atoms with Crippen LogP contribution in [0.25, 0.3) is 0 Å². The molecule has 0 heterocycles. The van der Waals surface area contributed by atoms with Crippen LogP contribution in [0.2, 0.25) is 0 Å². The lowest BCUT2D eigenvalue weighted by Gasteiger charge is -2.22. The number of rotatable bonds is 9. The average molecular weight is 316 g/mol. The molecule has 7 heteroatoms. The van der Waals surface area contributed by atoms with Gasteiger partial charge in [0.25, 0.3) is 0 Å². The molecule has 120 valence electrons. The minimum atomic E-state index is -3.56. The Morgan fingerprint density at radius 1 is 1.14 bits per heavy atom. The van der Waals surface area contributed by atoms with Gasteiger partial charge in [-0.15, -0.1) is 0 Å². The van der Waals surface area contributed by atoms with Crippen molar-refractivity contribution in [3.63, 3.8) is 0 Å². The van der Waals surface area contributed by atoms with Gasteiger partial charge in [0.2, 0.25) is 10.0 Å². The van der Waals surface area contributed by atoms with Crippen molar-refractivity contribution >= 4 is 10.0 Å². The van der Waals surface area contributed by atoms with Gasteiger partial charge in [0.15, 0.2) is 0 Å². The van der Waals surface area contributed by atoms with Gasteiger partial charge in [-0.3, -0.25) is 0 Å². The molecule has 0 bridgehead atoms. The number of methoxy groups -OCH3 is 2. The maximum atomic E-state index is 12.7. The Labute approximate surface area is 126 Å². The summed E-state index contributed by atoms with van der Waals surface area (Å²) in [5.74, 6) is 0. The van der Waals surface area contributed by atoms with Crippen molar-refractivity contribution in [2.24, 2.45) is 5.73 Å². The van der Waals surface area contributed by atoms with Crippen LogP contribution in [0.15, 0.2) is 23.1 Å². The predicted molar refractivity (Wildman–Crippen MR) is 81.6 cm³/mol. The molecule has 6 nitrogen and oxygen atoms in total. The first kappa shape index (κ1) is 18.1. The first-order chi connectivity index (χ1) is 9.97. The maximum Gasteiger partial charge on any atom is 0.243 e. The fourth-order valence-electron chi connectivity index (χ4n) is 1.95. The standard InChI is InChI=1S/C14H24N2O4S/c1-12-10-14(5-4-13(12)11-15)21(17,18)16(6-8-19-2)7-9-20-3/h4-5,10H,6-9,11,15H2,1-3H3. The smallest absolute Gasteiger partial charge is 0.243 e. The van der Waals surface area contributed by atoms with Crippen LogP contribution in [0, 0.1) is 6.92 Å². The molecule has 1 rings (SSSR count). The molecule has 0 radical (unpaired) electrons. The van der Waals surface area contributed by atoms with Crippen molar-refractivity contribution in [3.05, 3.63) is 29.3 Å². The summed E-state index contributed by atoms with van der Waals surface area (Å²) in [5.41, 5.74) is 7.42. The van der Waals surface area contributed by atoms with Crippen molar-refractivity contribution in [3.8, 4) is 0 Å². The first-order valence-corrected chi connectivity index (χ1v) is 8.19. The third-order valence-electron chi connectivity index (χ3n) is 3.26. The Balaban J connectivity index is 3.06. The molecule has 0 aliphatic heterocycles. The van der Waals surface area contributed by atoms with Crippen LogP contribution >= 0.6 is 0 Å². The van der Waals surface area contributed by atoms with Crippen LogP contribution in [0.4, 0.5) is 0 Å². The average Bonchev–Trinajstić information content (AvgIpc) is 2.47. The third-order valence-corrected chi connectivity index (χ3v) is 5.16. The van der Waals surface area contributed by atoms with Crippen LogP contribution in [0.3, 0.4) is 0 Å². The fourth-order valence-corrected chi connectivity index (χ4v) is 3.44. The van der Waals surface area contributed by atoms with Crippen LogP contribution in [-0.2, 0) is 26.0 Å². The van der Waals surface area contributed by atoms with E-state index in [9.17, 15) is 8.42 Å². The summed E-state index contributed by atoms with van der Waals surface area (Å²) in [6.45, 7) is 3.50. The fraction of sp³-hybridized carbons (Fsp3) is 0.571. The van der Waals surface area contributed by atoms with Crippen LogP contribution in [0.5, 0.6) is 0 Å². The molecule has 0 aliphatic carbocycles. The highest BCUT2D eigenvalue weighted by Gasteiger charge is 2.24. The first-order valence-electron chi connectivity index (χ1n) is 6.75. The van der Waals surface area contributed by atoms with Gasteiger partial charge in [0.1, 0.15) is 0 Å². The summed E-state index contributed by atoms with van der Waals surface area (Å²) in [5, 5.41) is 0. The van der Waals surface area contributed by atoms with E-state index < -0.39 is 10.0 Å². The van der Waals surface area contributed by atoms with Crippen molar-refractivity contribution < 1.29 is 17.9 Å².